The molecular weight excluding hydrogens is 414 g/mol. The van der Waals surface area contributed by atoms with E-state index in [0.29, 0.717) is 36.9 Å². The number of carboxylic acid groups (broad SMARTS) is 1. The van der Waals surface area contributed by atoms with E-state index in [1.165, 1.54) is 11.3 Å². The van der Waals surface area contributed by atoms with Gasteiger partial charge in [-0.2, -0.15) is 0 Å². The molecule has 1 aliphatic rings. The van der Waals surface area contributed by atoms with Crippen molar-refractivity contribution in [2.45, 2.75) is 39.7 Å². The standard InChI is InChI=1S/C24H25NO5S/c1-5-28-19-8-7-14(11-20(19)29-6-2)22-25-18(13-31-22)15-9-16-12-24(3,4)30-21(16)17(10-15)23(26)27/h7-11,13H,5-6,12H2,1-4H3,(H,26,27). The topological polar surface area (TPSA) is 77.9 Å². The summed E-state index contributed by atoms with van der Waals surface area (Å²) < 4.78 is 17.3. The molecule has 7 heteroatoms. The predicted molar refractivity (Wildman–Crippen MR) is 121 cm³/mol. The SMILES string of the molecule is CCOc1ccc(-c2nc(-c3cc4c(c(C(=O)O)c3)OC(C)(C)C4)cs2)cc1OCC. The van der Waals surface area contributed by atoms with Crippen LogP contribution in [-0.4, -0.2) is 34.9 Å². The van der Waals surface area contributed by atoms with Crippen LogP contribution < -0.4 is 14.2 Å². The second kappa shape index (κ2) is 8.23. The number of hydrogen-bond donors (Lipinski definition) is 1. The molecule has 2 aromatic carbocycles. The lowest BCUT2D eigenvalue weighted by atomic mass is 9.97. The third kappa shape index (κ3) is 4.23. The highest BCUT2D eigenvalue weighted by atomic mass is 32.1. The molecule has 2 heterocycles. The van der Waals surface area contributed by atoms with Crippen LogP contribution in [0.5, 0.6) is 17.2 Å². The zero-order valence-corrected chi connectivity index (χ0v) is 18.8. The molecule has 0 spiro atoms. The molecule has 4 rings (SSSR count). The van der Waals surface area contributed by atoms with Crippen molar-refractivity contribution in [3.8, 4) is 39.1 Å². The van der Waals surface area contributed by atoms with Crippen LogP contribution in [0.4, 0.5) is 0 Å². The summed E-state index contributed by atoms with van der Waals surface area (Å²) in [7, 11) is 0. The van der Waals surface area contributed by atoms with Gasteiger partial charge in [-0.05, 0) is 63.6 Å². The fourth-order valence-electron chi connectivity index (χ4n) is 3.74. The van der Waals surface area contributed by atoms with E-state index < -0.39 is 11.6 Å². The average molecular weight is 440 g/mol. The molecule has 31 heavy (non-hydrogen) atoms. The minimum atomic E-state index is -1.00. The molecule has 1 aromatic heterocycles. The number of rotatable bonds is 7. The van der Waals surface area contributed by atoms with E-state index in [2.05, 4.69) is 0 Å². The first-order valence-corrected chi connectivity index (χ1v) is 11.1. The highest BCUT2D eigenvalue weighted by Crippen LogP contribution is 2.41. The van der Waals surface area contributed by atoms with Crippen molar-refractivity contribution >= 4 is 17.3 Å². The van der Waals surface area contributed by atoms with Crippen LogP contribution in [0.3, 0.4) is 0 Å². The van der Waals surface area contributed by atoms with E-state index in [0.717, 1.165) is 27.4 Å². The Labute approximate surface area is 185 Å². The number of thiazole rings is 1. The molecule has 0 unspecified atom stereocenters. The zero-order chi connectivity index (χ0) is 22.2. The predicted octanol–water partition coefficient (Wildman–Crippen LogP) is 5.69. The first-order valence-electron chi connectivity index (χ1n) is 10.3. The number of carboxylic acids is 1. The van der Waals surface area contributed by atoms with Crippen molar-refractivity contribution in [1.82, 2.24) is 4.98 Å². The van der Waals surface area contributed by atoms with Gasteiger partial charge in [-0.3, -0.25) is 0 Å². The Morgan fingerprint density at radius 3 is 2.58 bits per heavy atom. The number of carbonyl (C=O) groups is 1. The lowest BCUT2D eigenvalue weighted by molar-refractivity contribution is 0.0685. The van der Waals surface area contributed by atoms with E-state index in [9.17, 15) is 9.90 Å². The molecule has 1 aliphatic heterocycles. The summed E-state index contributed by atoms with van der Waals surface area (Å²) in [6.45, 7) is 8.89. The molecule has 0 fully saturated rings. The van der Waals surface area contributed by atoms with Crippen molar-refractivity contribution in [1.29, 1.82) is 0 Å². The second-order valence-electron chi connectivity index (χ2n) is 7.92. The Kier molecular flexibility index (Phi) is 5.62. The molecule has 1 N–H and O–H groups in total. The zero-order valence-electron chi connectivity index (χ0n) is 18.0. The van der Waals surface area contributed by atoms with Gasteiger partial charge in [0.1, 0.15) is 21.9 Å². The number of aromatic nitrogens is 1. The van der Waals surface area contributed by atoms with E-state index in [1.54, 1.807) is 6.07 Å². The average Bonchev–Trinajstić information content (AvgIpc) is 3.32. The van der Waals surface area contributed by atoms with Crippen molar-refractivity contribution < 1.29 is 24.1 Å². The molecule has 162 valence electrons. The first kappa shape index (κ1) is 21.2. The fourth-order valence-corrected chi connectivity index (χ4v) is 4.57. The van der Waals surface area contributed by atoms with Crippen LogP contribution in [-0.2, 0) is 6.42 Å². The van der Waals surface area contributed by atoms with E-state index in [-0.39, 0.29) is 5.56 Å². The number of aromatic carboxylic acids is 1. The largest absolute Gasteiger partial charge is 0.490 e. The fraction of sp³-hybridized carbons (Fsp3) is 0.333. The van der Waals surface area contributed by atoms with Gasteiger partial charge in [0.15, 0.2) is 11.5 Å². The Balaban J connectivity index is 1.71. The number of hydrogen-bond acceptors (Lipinski definition) is 6. The van der Waals surface area contributed by atoms with Crippen LogP contribution in [0.1, 0.15) is 43.6 Å². The summed E-state index contributed by atoms with van der Waals surface area (Å²) in [5, 5.41) is 12.5. The molecular formula is C24H25NO5S. The van der Waals surface area contributed by atoms with Crippen molar-refractivity contribution in [2.75, 3.05) is 13.2 Å². The monoisotopic (exact) mass is 439 g/mol. The Bertz CT molecular complexity index is 1130. The summed E-state index contributed by atoms with van der Waals surface area (Å²) in [6.07, 6.45) is 0.657. The number of benzene rings is 2. The maximum absolute atomic E-state index is 11.8. The normalized spacial score (nSPS) is 14.1. The first-order chi connectivity index (χ1) is 14.8. The second-order valence-corrected chi connectivity index (χ2v) is 8.78. The summed E-state index contributed by atoms with van der Waals surface area (Å²) in [4.78, 5) is 16.6. The van der Waals surface area contributed by atoms with Gasteiger partial charge in [0, 0.05) is 22.9 Å². The van der Waals surface area contributed by atoms with Gasteiger partial charge < -0.3 is 19.3 Å². The van der Waals surface area contributed by atoms with Gasteiger partial charge in [-0.25, -0.2) is 9.78 Å². The van der Waals surface area contributed by atoms with Crippen molar-refractivity contribution in [3.63, 3.8) is 0 Å². The molecule has 0 radical (unpaired) electrons. The summed E-state index contributed by atoms with van der Waals surface area (Å²) in [5.41, 5.74) is 3.09. The molecule has 0 saturated heterocycles. The number of ether oxygens (including phenoxy) is 3. The van der Waals surface area contributed by atoms with Crippen LogP contribution in [0.2, 0.25) is 0 Å². The molecule has 0 atom stereocenters. The van der Waals surface area contributed by atoms with Crippen LogP contribution in [0, 0.1) is 0 Å². The molecule has 0 bridgehead atoms. The molecule has 6 nitrogen and oxygen atoms in total. The summed E-state index contributed by atoms with van der Waals surface area (Å²) in [5.74, 6) is 0.851. The molecule has 0 saturated carbocycles. The third-order valence-corrected chi connectivity index (χ3v) is 5.87. The number of nitrogens with zero attached hydrogens (tertiary/aromatic N) is 1. The maximum atomic E-state index is 11.8. The molecule has 0 amide bonds. The van der Waals surface area contributed by atoms with Crippen LogP contribution in [0.15, 0.2) is 35.7 Å². The maximum Gasteiger partial charge on any atom is 0.339 e. The lowest BCUT2D eigenvalue weighted by Crippen LogP contribution is -2.25. The van der Waals surface area contributed by atoms with Gasteiger partial charge in [-0.15, -0.1) is 11.3 Å². The van der Waals surface area contributed by atoms with Gasteiger partial charge in [0.2, 0.25) is 0 Å². The summed E-state index contributed by atoms with van der Waals surface area (Å²) in [6, 6.07) is 9.41. The Morgan fingerprint density at radius 1 is 1.13 bits per heavy atom. The molecule has 3 aromatic rings. The highest BCUT2D eigenvalue weighted by Gasteiger charge is 2.34. The molecule has 0 aliphatic carbocycles. The van der Waals surface area contributed by atoms with Gasteiger partial charge in [-0.1, -0.05) is 0 Å². The lowest BCUT2D eigenvalue weighted by Gasteiger charge is -2.17. The van der Waals surface area contributed by atoms with E-state index in [1.807, 2.05) is 57.3 Å². The smallest absolute Gasteiger partial charge is 0.339 e. The van der Waals surface area contributed by atoms with Gasteiger partial charge in [0.05, 0.1) is 18.9 Å². The van der Waals surface area contributed by atoms with Crippen LogP contribution in [0.25, 0.3) is 21.8 Å². The highest BCUT2D eigenvalue weighted by molar-refractivity contribution is 7.13. The Morgan fingerprint density at radius 2 is 1.87 bits per heavy atom. The van der Waals surface area contributed by atoms with Crippen LogP contribution >= 0.6 is 11.3 Å². The third-order valence-electron chi connectivity index (χ3n) is 4.98. The van der Waals surface area contributed by atoms with Crippen molar-refractivity contribution in [2.24, 2.45) is 0 Å². The summed E-state index contributed by atoms with van der Waals surface area (Å²) >= 11 is 1.50. The van der Waals surface area contributed by atoms with Gasteiger partial charge in [0.25, 0.3) is 0 Å². The van der Waals surface area contributed by atoms with E-state index >= 15 is 0 Å². The number of fused-ring (bicyclic) bond motifs is 1. The quantitative estimate of drug-likeness (QED) is 0.510. The minimum Gasteiger partial charge on any atom is -0.490 e. The Hall–Kier alpha value is -3.06. The van der Waals surface area contributed by atoms with E-state index in [4.69, 9.17) is 19.2 Å². The van der Waals surface area contributed by atoms with Crippen molar-refractivity contribution in [3.05, 3.63) is 46.8 Å². The van der Waals surface area contributed by atoms with Gasteiger partial charge >= 0.3 is 5.97 Å². The minimum absolute atomic E-state index is 0.173.